The van der Waals surface area contributed by atoms with E-state index in [0.717, 1.165) is 0 Å². The van der Waals surface area contributed by atoms with Crippen LogP contribution in [0.3, 0.4) is 0 Å². The lowest BCUT2D eigenvalue weighted by Gasteiger charge is -2.34. The van der Waals surface area contributed by atoms with Crippen molar-refractivity contribution in [1.82, 2.24) is 0 Å². The summed E-state index contributed by atoms with van der Waals surface area (Å²) in [6, 6.07) is 38.8. The Morgan fingerprint density at radius 3 is 1.26 bits per heavy atom. The molecule has 0 N–H and O–H groups in total. The molecule has 4 atom stereocenters. The van der Waals surface area contributed by atoms with E-state index in [-0.39, 0.29) is 11.8 Å². The minimum absolute atomic E-state index is 0.000753. The summed E-state index contributed by atoms with van der Waals surface area (Å²) in [6.07, 6.45) is 0. The van der Waals surface area contributed by atoms with Crippen LogP contribution in [0.15, 0.2) is 109 Å². The summed E-state index contributed by atoms with van der Waals surface area (Å²) in [5.41, 5.74) is 7.39. The maximum atomic E-state index is 7.12. The van der Waals surface area contributed by atoms with E-state index in [4.69, 9.17) is 4.74 Å². The van der Waals surface area contributed by atoms with Gasteiger partial charge in [0.2, 0.25) is 0 Å². The van der Waals surface area contributed by atoms with E-state index in [1.807, 2.05) is 0 Å². The van der Waals surface area contributed by atoms with Crippen molar-refractivity contribution in [3.8, 4) is 0 Å². The molecule has 1 aliphatic carbocycles. The van der Waals surface area contributed by atoms with Crippen molar-refractivity contribution in [3.05, 3.63) is 143 Å². The molecule has 2 bridgehead atoms. The van der Waals surface area contributed by atoms with Crippen LogP contribution in [0.4, 0.5) is 0 Å². The van der Waals surface area contributed by atoms with Crippen molar-refractivity contribution in [2.45, 2.75) is 20.9 Å². The molecule has 31 heavy (non-hydrogen) atoms. The molecule has 3 heteroatoms. The minimum atomic E-state index is -0.686. The second-order valence-corrected chi connectivity index (χ2v) is 10.6. The van der Waals surface area contributed by atoms with Crippen molar-refractivity contribution >= 4 is 31.9 Å². The van der Waals surface area contributed by atoms with Crippen LogP contribution < -0.4 is 0 Å². The topological polar surface area (TPSA) is 9.23 Å². The van der Waals surface area contributed by atoms with Crippen molar-refractivity contribution < 1.29 is 4.74 Å². The van der Waals surface area contributed by atoms with Crippen molar-refractivity contribution in [1.29, 1.82) is 0 Å². The highest BCUT2D eigenvalue weighted by molar-refractivity contribution is 9.10. The predicted molar refractivity (Wildman–Crippen MR) is 132 cm³/mol. The summed E-state index contributed by atoms with van der Waals surface area (Å²) in [5.74, 6) is -0.00151. The Labute approximate surface area is 199 Å². The van der Waals surface area contributed by atoms with Gasteiger partial charge in [0.15, 0.2) is 9.02 Å². The monoisotopic (exact) mass is 530 g/mol. The normalized spacial score (nSPS) is 28.5. The molecule has 0 radical (unpaired) electrons. The molecule has 152 valence electrons. The average Bonchev–Trinajstić information content (AvgIpc) is 2.99. The zero-order chi connectivity index (χ0) is 21.1. The first-order valence-electron chi connectivity index (χ1n) is 10.5. The summed E-state index contributed by atoms with van der Waals surface area (Å²) in [4.78, 5) is 0. The Morgan fingerprint density at radius 1 is 0.484 bits per heavy atom. The predicted octanol–water partition coefficient (Wildman–Crippen LogP) is 7.79. The number of benzene rings is 4. The fourth-order valence-electron chi connectivity index (χ4n) is 5.35. The number of alkyl halides is 2. The number of hydrogen-bond donors (Lipinski definition) is 0. The summed E-state index contributed by atoms with van der Waals surface area (Å²) in [5, 5.41) is 0. The maximum Gasteiger partial charge on any atom is 0.161 e. The molecule has 0 fully saturated rings. The van der Waals surface area contributed by atoms with Gasteiger partial charge in [-0.05, 0) is 54.1 Å². The first kappa shape index (κ1) is 19.5. The SMILES string of the molecule is Br[C@]12O[C@@](Br)(c3ccccc31)[C@H](c1ccccc1)c1ccccc1[C@H]2c1ccccc1. The van der Waals surface area contributed by atoms with Crippen LogP contribution in [0.25, 0.3) is 0 Å². The maximum absolute atomic E-state index is 7.12. The Bertz CT molecular complexity index is 1160. The Kier molecular flexibility index (Phi) is 4.50. The molecule has 1 aliphatic heterocycles. The fraction of sp³-hybridized carbons (Fsp3) is 0.143. The van der Waals surface area contributed by atoms with Crippen molar-refractivity contribution in [2.24, 2.45) is 0 Å². The number of ether oxygens (including phenoxy) is 1. The minimum Gasteiger partial charge on any atom is -0.335 e. The second-order valence-electron chi connectivity index (χ2n) is 8.25. The molecule has 0 unspecified atom stereocenters. The molecule has 0 spiro atoms. The molecule has 0 saturated carbocycles. The highest BCUT2D eigenvalue weighted by Gasteiger charge is 2.61. The van der Waals surface area contributed by atoms with Crippen LogP contribution in [0.5, 0.6) is 0 Å². The fourth-order valence-corrected chi connectivity index (χ4v) is 7.79. The lowest BCUT2D eigenvalue weighted by Crippen LogP contribution is -2.30. The van der Waals surface area contributed by atoms with Gasteiger partial charge in [-0.25, -0.2) is 0 Å². The number of rotatable bonds is 2. The van der Waals surface area contributed by atoms with Crippen molar-refractivity contribution in [3.63, 3.8) is 0 Å². The standard InChI is InChI=1S/C28H20Br2O/c29-27-23-17-9-10-18-24(23)28(30,31-27)26(20-13-5-2-6-14-20)22-16-8-7-15-21(22)25(27)19-11-3-1-4-12-19/h1-18,25-26H/t25-,26-,27+,28+/m1/s1. The van der Waals surface area contributed by atoms with E-state index >= 15 is 0 Å². The van der Waals surface area contributed by atoms with Gasteiger partial charge < -0.3 is 4.74 Å². The van der Waals surface area contributed by atoms with Crippen LogP contribution >= 0.6 is 31.9 Å². The molecule has 1 heterocycles. The van der Waals surface area contributed by atoms with Gasteiger partial charge in [0, 0.05) is 11.1 Å². The van der Waals surface area contributed by atoms with Gasteiger partial charge in [0.05, 0.1) is 11.8 Å². The van der Waals surface area contributed by atoms with Gasteiger partial charge in [-0.2, -0.15) is 0 Å². The zero-order valence-electron chi connectivity index (χ0n) is 16.7. The third-order valence-corrected chi connectivity index (χ3v) is 8.68. The highest BCUT2D eigenvalue weighted by Crippen LogP contribution is 2.68. The molecule has 0 saturated heterocycles. The van der Waals surface area contributed by atoms with E-state index in [2.05, 4.69) is 141 Å². The van der Waals surface area contributed by atoms with E-state index in [9.17, 15) is 0 Å². The Hall–Kier alpha value is -2.20. The number of fused-ring (bicyclic) bond motifs is 1. The van der Waals surface area contributed by atoms with Gasteiger partial charge in [-0.3, -0.25) is 0 Å². The molecule has 4 aromatic carbocycles. The van der Waals surface area contributed by atoms with Crippen LogP contribution in [0.1, 0.15) is 45.2 Å². The summed E-state index contributed by atoms with van der Waals surface area (Å²) >= 11 is 8.28. The third-order valence-electron chi connectivity index (χ3n) is 6.59. The lowest BCUT2D eigenvalue weighted by molar-refractivity contribution is -0.0385. The van der Waals surface area contributed by atoms with Gasteiger partial charge >= 0.3 is 0 Å². The Balaban J connectivity index is 1.74. The number of hydrogen-bond acceptors (Lipinski definition) is 1. The van der Waals surface area contributed by atoms with Gasteiger partial charge in [0.1, 0.15) is 0 Å². The smallest absolute Gasteiger partial charge is 0.161 e. The van der Waals surface area contributed by atoms with Gasteiger partial charge in [-0.15, -0.1) is 0 Å². The Morgan fingerprint density at radius 2 is 0.839 bits per heavy atom. The summed E-state index contributed by atoms with van der Waals surface area (Å²) < 4.78 is 5.74. The van der Waals surface area contributed by atoms with E-state index < -0.39 is 9.02 Å². The molecule has 1 nitrogen and oxygen atoms in total. The molecular weight excluding hydrogens is 512 g/mol. The van der Waals surface area contributed by atoms with E-state index in [0.29, 0.717) is 0 Å². The van der Waals surface area contributed by atoms with Crippen LogP contribution in [0.2, 0.25) is 0 Å². The molecule has 6 rings (SSSR count). The summed E-state index contributed by atoms with van der Waals surface area (Å²) in [6.45, 7) is 0. The second kappa shape index (κ2) is 7.16. The summed E-state index contributed by atoms with van der Waals surface area (Å²) in [7, 11) is 0. The first-order valence-corrected chi connectivity index (χ1v) is 12.1. The quantitative estimate of drug-likeness (QED) is 0.240. The van der Waals surface area contributed by atoms with Crippen LogP contribution in [-0.4, -0.2) is 0 Å². The number of halogens is 2. The van der Waals surface area contributed by atoms with Crippen LogP contribution in [-0.2, 0) is 13.8 Å². The third kappa shape index (κ3) is 2.77. The molecular formula is C28H20Br2O. The van der Waals surface area contributed by atoms with Gasteiger partial charge in [-0.1, -0.05) is 109 Å². The molecule has 2 aliphatic rings. The molecule has 0 aromatic heterocycles. The van der Waals surface area contributed by atoms with E-state index in [1.165, 1.54) is 33.4 Å². The lowest BCUT2D eigenvalue weighted by atomic mass is 9.73. The van der Waals surface area contributed by atoms with E-state index in [1.54, 1.807) is 0 Å². The molecule has 0 amide bonds. The van der Waals surface area contributed by atoms with Crippen molar-refractivity contribution in [2.75, 3.05) is 0 Å². The van der Waals surface area contributed by atoms with Gasteiger partial charge in [0.25, 0.3) is 0 Å². The first-order chi connectivity index (χ1) is 15.1. The highest BCUT2D eigenvalue weighted by atomic mass is 79.9. The molecule has 4 aromatic rings. The average molecular weight is 532 g/mol. The zero-order valence-corrected chi connectivity index (χ0v) is 19.9. The van der Waals surface area contributed by atoms with Crippen LogP contribution in [0, 0.1) is 0 Å². The largest absolute Gasteiger partial charge is 0.335 e.